The van der Waals surface area contributed by atoms with Gasteiger partial charge < -0.3 is 15.5 Å². The molecule has 1 heterocycles. The molecule has 22 heavy (non-hydrogen) atoms. The molecule has 6 nitrogen and oxygen atoms in total. The van der Waals surface area contributed by atoms with Gasteiger partial charge in [0.25, 0.3) is 0 Å². The third kappa shape index (κ3) is 4.46. The van der Waals surface area contributed by atoms with Crippen molar-refractivity contribution in [3.63, 3.8) is 0 Å². The molecule has 6 heteroatoms. The number of anilines is 2. The third-order valence-corrected chi connectivity index (χ3v) is 4.09. The lowest BCUT2D eigenvalue weighted by Crippen LogP contribution is -2.39. The van der Waals surface area contributed by atoms with Crippen molar-refractivity contribution in [1.29, 1.82) is 0 Å². The Hall–Kier alpha value is -2.08. The van der Waals surface area contributed by atoms with Crippen LogP contribution in [0.4, 0.5) is 11.4 Å². The minimum atomic E-state index is -0.261. The van der Waals surface area contributed by atoms with Gasteiger partial charge in [0.15, 0.2) is 0 Å². The Morgan fingerprint density at radius 1 is 1.36 bits per heavy atom. The van der Waals surface area contributed by atoms with Gasteiger partial charge in [0.05, 0.1) is 0 Å². The maximum absolute atomic E-state index is 11.3. The van der Waals surface area contributed by atoms with Gasteiger partial charge in [-0.05, 0) is 37.1 Å². The van der Waals surface area contributed by atoms with Gasteiger partial charge >= 0.3 is 0 Å². The number of rotatable bonds is 6. The SMILES string of the molecule is CN(CCC(=O)NC=O)c1ccc(N2CCC(N)CC2)cc1. The molecular weight excluding hydrogens is 280 g/mol. The number of imide groups is 1. The number of carbonyl (C=O) groups is 2. The third-order valence-electron chi connectivity index (χ3n) is 4.09. The summed E-state index contributed by atoms with van der Waals surface area (Å²) in [5, 5.41) is 2.14. The van der Waals surface area contributed by atoms with Crippen molar-refractivity contribution in [2.24, 2.45) is 5.73 Å². The normalized spacial score (nSPS) is 15.5. The van der Waals surface area contributed by atoms with Gasteiger partial charge in [0.2, 0.25) is 12.3 Å². The van der Waals surface area contributed by atoms with E-state index in [1.54, 1.807) is 0 Å². The van der Waals surface area contributed by atoms with Crippen molar-refractivity contribution in [2.45, 2.75) is 25.3 Å². The van der Waals surface area contributed by atoms with Crippen molar-refractivity contribution in [2.75, 3.05) is 36.5 Å². The molecule has 1 aliphatic rings. The standard InChI is InChI=1S/C16H24N4O2/c1-19(9-8-16(22)18-12-21)14-2-4-15(5-3-14)20-10-6-13(17)7-11-20/h2-5,12-13H,6-11,17H2,1H3,(H,18,21,22). The first kappa shape index (κ1) is 16.3. The molecule has 0 bridgehead atoms. The average molecular weight is 304 g/mol. The number of hydrogen-bond acceptors (Lipinski definition) is 5. The van der Waals surface area contributed by atoms with E-state index in [-0.39, 0.29) is 5.91 Å². The molecule has 0 saturated carbocycles. The lowest BCUT2D eigenvalue weighted by atomic mass is 10.1. The number of nitrogens with one attached hydrogen (secondary N) is 1. The van der Waals surface area contributed by atoms with Crippen LogP contribution in [0.1, 0.15) is 19.3 Å². The number of nitrogens with zero attached hydrogens (tertiary/aromatic N) is 2. The van der Waals surface area contributed by atoms with Crippen LogP contribution >= 0.6 is 0 Å². The maximum atomic E-state index is 11.3. The Kier molecular flexibility index (Phi) is 5.77. The van der Waals surface area contributed by atoms with Gasteiger partial charge in [-0.2, -0.15) is 0 Å². The van der Waals surface area contributed by atoms with E-state index in [1.807, 2.05) is 11.9 Å². The number of benzene rings is 1. The second-order valence-electron chi connectivity index (χ2n) is 5.70. The second kappa shape index (κ2) is 7.79. The molecular formula is C16H24N4O2. The van der Waals surface area contributed by atoms with Crippen LogP contribution < -0.4 is 20.9 Å². The molecule has 0 aliphatic carbocycles. The van der Waals surface area contributed by atoms with E-state index in [4.69, 9.17) is 5.73 Å². The van der Waals surface area contributed by atoms with Crippen molar-refractivity contribution in [3.05, 3.63) is 24.3 Å². The predicted molar refractivity (Wildman–Crippen MR) is 88.0 cm³/mol. The number of amides is 2. The van der Waals surface area contributed by atoms with E-state index >= 15 is 0 Å². The summed E-state index contributed by atoms with van der Waals surface area (Å²) in [5.41, 5.74) is 8.19. The van der Waals surface area contributed by atoms with Crippen LogP contribution in [0.25, 0.3) is 0 Å². The molecule has 1 aromatic carbocycles. The zero-order chi connectivity index (χ0) is 15.9. The summed E-state index contributed by atoms with van der Waals surface area (Å²) in [6, 6.07) is 8.66. The summed E-state index contributed by atoms with van der Waals surface area (Å²) >= 11 is 0. The van der Waals surface area contributed by atoms with Gasteiger partial charge in [-0.3, -0.25) is 14.9 Å². The molecule has 0 radical (unpaired) electrons. The Balaban J connectivity index is 1.88. The average Bonchev–Trinajstić information content (AvgIpc) is 2.54. The lowest BCUT2D eigenvalue weighted by Gasteiger charge is -2.32. The highest BCUT2D eigenvalue weighted by molar-refractivity contribution is 5.86. The van der Waals surface area contributed by atoms with Crippen LogP contribution in [-0.2, 0) is 9.59 Å². The Labute approximate surface area is 131 Å². The Bertz CT molecular complexity index is 495. The Morgan fingerprint density at radius 2 is 2.00 bits per heavy atom. The summed E-state index contributed by atoms with van der Waals surface area (Å²) in [6.07, 6.45) is 2.78. The molecule has 1 aliphatic heterocycles. The fourth-order valence-electron chi connectivity index (χ4n) is 2.61. The molecule has 2 amide bonds. The van der Waals surface area contributed by atoms with Crippen LogP contribution in [0.5, 0.6) is 0 Å². The highest BCUT2D eigenvalue weighted by Crippen LogP contribution is 2.23. The van der Waals surface area contributed by atoms with Crippen LogP contribution in [0.2, 0.25) is 0 Å². The molecule has 0 unspecified atom stereocenters. The largest absolute Gasteiger partial charge is 0.374 e. The molecule has 1 aromatic rings. The van der Waals surface area contributed by atoms with E-state index in [1.165, 1.54) is 5.69 Å². The van der Waals surface area contributed by atoms with Crippen LogP contribution in [0.3, 0.4) is 0 Å². The van der Waals surface area contributed by atoms with Crippen molar-refractivity contribution in [1.82, 2.24) is 5.32 Å². The molecule has 1 saturated heterocycles. The molecule has 120 valence electrons. The van der Waals surface area contributed by atoms with Gasteiger partial charge in [-0.25, -0.2) is 0 Å². The first-order valence-electron chi connectivity index (χ1n) is 7.65. The topological polar surface area (TPSA) is 78.7 Å². The van der Waals surface area contributed by atoms with E-state index in [9.17, 15) is 9.59 Å². The van der Waals surface area contributed by atoms with Gasteiger partial charge in [0.1, 0.15) is 0 Å². The molecule has 0 atom stereocenters. The molecule has 1 fully saturated rings. The lowest BCUT2D eigenvalue weighted by molar-refractivity contribution is -0.125. The van der Waals surface area contributed by atoms with Crippen molar-refractivity contribution < 1.29 is 9.59 Å². The summed E-state index contributed by atoms with van der Waals surface area (Å²) in [7, 11) is 1.93. The number of nitrogens with two attached hydrogens (primary N) is 1. The number of piperidine rings is 1. The highest BCUT2D eigenvalue weighted by Gasteiger charge is 2.16. The summed E-state index contributed by atoms with van der Waals surface area (Å²) in [5.74, 6) is -0.261. The fraction of sp³-hybridized carbons (Fsp3) is 0.500. The highest BCUT2D eigenvalue weighted by atomic mass is 16.2. The summed E-state index contributed by atoms with van der Waals surface area (Å²) in [4.78, 5) is 25.8. The van der Waals surface area contributed by atoms with Gasteiger partial charge in [0, 0.05) is 50.5 Å². The minimum Gasteiger partial charge on any atom is -0.374 e. The van der Waals surface area contributed by atoms with E-state index in [0.29, 0.717) is 25.4 Å². The molecule has 0 aromatic heterocycles. The second-order valence-corrected chi connectivity index (χ2v) is 5.70. The van der Waals surface area contributed by atoms with Crippen LogP contribution in [0, 0.1) is 0 Å². The number of hydrogen-bond donors (Lipinski definition) is 2. The zero-order valence-electron chi connectivity index (χ0n) is 13.0. The minimum absolute atomic E-state index is 0.261. The predicted octanol–water partition coefficient (Wildman–Crippen LogP) is 0.713. The maximum Gasteiger partial charge on any atom is 0.228 e. The van der Waals surface area contributed by atoms with Crippen LogP contribution in [0.15, 0.2) is 24.3 Å². The quantitative estimate of drug-likeness (QED) is 0.757. The fourth-order valence-corrected chi connectivity index (χ4v) is 2.61. The first-order chi connectivity index (χ1) is 10.6. The van der Waals surface area contributed by atoms with Crippen molar-refractivity contribution in [3.8, 4) is 0 Å². The van der Waals surface area contributed by atoms with Crippen molar-refractivity contribution >= 4 is 23.7 Å². The summed E-state index contributed by atoms with van der Waals surface area (Å²) in [6.45, 7) is 2.57. The van der Waals surface area contributed by atoms with E-state index in [0.717, 1.165) is 31.6 Å². The molecule has 0 spiro atoms. The summed E-state index contributed by atoms with van der Waals surface area (Å²) < 4.78 is 0. The monoisotopic (exact) mass is 304 g/mol. The molecule has 2 rings (SSSR count). The smallest absolute Gasteiger partial charge is 0.228 e. The van der Waals surface area contributed by atoms with E-state index < -0.39 is 0 Å². The van der Waals surface area contributed by atoms with Gasteiger partial charge in [-0.15, -0.1) is 0 Å². The zero-order valence-corrected chi connectivity index (χ0v) is 13.0. The van der Waals surface area contributed by atoms with Crippen LogP contribution in [-0.4, -0.2) is 45.0 Å². The van der Waals surface area contributed by atoms with E-state index in [2.05, 4.69) is 34.5 Å². The number of carbonyl (C=O) groups excluding carboxylic acids is 2. The van der Waals surface area contributed by atoms with Gasteiger partial charge in [-0.1, -0.05) is 0 Å². The Morgan fingerprint density at radius 3 is 2.59 bits per heavy atom. The molecule has 3 N–H and O–H groups in total. The first-order valence-corrected chi connectivity index (χ1v) is 7.65.